The molecule has 5 nitrogen and oxygen atoms in total. The summed E-state index contributed by atoms with van der Waals surface area (Å²) in [4.78, 5) is 6.44. The highest BCUT2D eigenvalue weighted by Crippen LogP contribution is 2.27. The highest BCUT2D eigenvalue weighted by molar-refractivity contribution is 7.88. The molecule has 0 radical (unpaired) electrons. The van der Waals surface area contributed by atoms with E-state index in [1.165, 1.54) is 12.4 Å². The van der Waals surface area contributed by atoms with Crippen LogP contribution in [-0.4, -0.2) is 23.9 Å². The number of nitrogens with zero attached hydrogens (tertiary/aromatic N) is 1. The molecule has 0 aliphatic heterocycles. The Labute approximate surface area is 93.4 Å². The van der Waals surface area contributed by atoms with E-state index in [1.54, 1.807) is 0 Å². The first kappa shape index (κ1) is 11.7. The average molecular weight is 266 g/mol. The zero-order valence-electron chi connectivity index (χ0n) is 8.02. The lowest BCUT2D eigenvalue weighted by Gasteiger charge is -2.08. The second-order valence-corrected chi connectivity index (χ2v) is 4.60. The third kappa shape index (κ3) is 2.18. The van der Waals surface area contributed by atoms with Gasteiger partial charge in [0, 0.05) is 6.07 Å². The minimum atomic E-state index is -5.64. The first-order valence-electron chi connectivity index (χ1n) is 4.23. The van der Waals surface area contributed by atoms with Crippen LogP contribution in [0.2, 0.25) is 0 Å². The van der Waals surface area contributed by atoms with E-state index in [4.69, 9.17) is 0 Å². The monoisotopic (exact) mass is 266 g/mol. The number of nitrogens with one attached hydrogen (secondary N) is 1. The number of aromatic amines is 1. The van der Waals surface area contributed by atoms with Crippen LogP contribution in [-0.2, 0) is 10.1 Å². The number of halogens is 3. The minimum Gasteiger partial charge on any atom is -0.376 e. The van der Waals surface area contributed by atoms with Crippen molar-refractivity contribution in [2.45, 2.75) is 5.51 Å². The Morgan fingerprint density at radius 1 is 1.29 bits per heavy atom. The summed E-state index contributed by atoms with van der Waals surface area (Å²) in [5.74, 6) is -0.431. The van der Waals surface area contributed by atoms with Gasteiger partial charge in [0.2, 0.25) is 0 Å². The number of fused-ring (bicyclic) bond motifs is 1. The predicted octanol–water partition coefficient (Wildman–Crippen LogP) is 1.79. The molecule has 1 aromatic heterocycles. The van der Waals surface area contributed by atoms with Gasteiger partial charge in [0.15, 0.2) is 0 Å². The van der Waals surface area contributed by atoms with E-state index in [1.807, 2.05) is 0 Å². The van der Waals surface area contributed by atoms with Gasteiger partial charge in [-0.15, -0.1) is 0 Å². The van der Waals surface area contributed by atoms with Crippen LogP contribution < -0.4 is 4.18 Å². The zero-order valence-corrected chi connectivity index (χ0v) is 8.84. The zero-order chi connectivity index (χ0) is 12.7. The topological polar surface area (TPSA) is 72.1 Å². The number of rotatable bonds is 2. The fraction of sp³-hybridized carbons (Fsp3) is 0.125. The van der Waals surface area contributed by atoms with Crippen molar-refractivity contribution in [2.75, 3.05) is 0 Å². The van der Waals surface area contributed by atoms with Gasteiger partial charge in [-0.1, -0.05) is 0 Å². The molecule has 0 saturated carbocycles. The van der Waals surface area contributed by atoms with Crippen molar-refractivity contribution in [3.63, 3.8) is 0 Å². The van der Waals surface area contributed by atoms with Gasteiger partial charge in [-0.3, -0.25) is 0 Å². The number of imidazole rings is 1. The molecule has 0 saturated heterocycles. The third-order valence-corrected chi connectivity index (χ3v) is 2.86. The number of hydrogen-bond acceptors (Lipinski definition) is 4. The molecule has 1 N–H and O–H groups in total. The average Bonchev–Trinajstić information content (AvgIpc) is 2.62. The van der Waals surface area contributed by atoms with Crippen molar-refractivity contribution in [3.8, 4) is 5.75 Å². The molecule has 2 aromatic rings. The molecule has 0 spiro atoms. The van der Waals surface area contributed by atoms with Crippen LogP contribution in [0.1, 0.15) is 0 Å². The van der Waals surface area contributed by atoms with E-state index in [-0.39, 0.29) is 0 Å². The van der Waals surface area contributed by atoms with Gasteiger partial charge in [-0.05, 0) is 12.1 Å². The van der Waals surface area contributed by atoms with Gasteiger partial charge in [-0.25, -0.2) is 4.98 Å². The van der Waals surface area contributed by atoms with Gasteiger partial charge in [0.25, 0.3) is 0 Å². The van der Waals surface area contributed by atoms with E-state index in [0.29, 0.717) is 11.0 Å². The smallest absolute Gasteiger partial charge is 0.376 e. The van der Waals surface area contributed by atoms with E-state index < -0.39 is 21.4 Å². The van der Waals surface area contributed by atoms with Crippen molar-refractivity contribution in [3.05, 3.63) is 24.5 Å². The molecule has 0 amide bonds. The number of H-pyrrole nitrogens is 1. The Hall–Kier alpha value is -1.77. The Bertz CT molecular complexity index is 647. The Kier molecular flexibility index (Phi) is 2.49. The molecule has 0 atom stereocenters. The number of alkyl halides is 3. The molecule has 17 heavy (non-hydrogen) atoms. The van der Waals surface area contributed by atoms with Gasteiger partial charge in [0.05, 0.1) is 17.4 Å². The fourth-order valence-corrected chi connectivity index (χ4v) is 1.59. The lowest BCUT2D eigenvalue weighted by atomic mass is 10.3. The Morgan fingerprint density at radius 3 is 2.65 bits per heavy atom. The van der Waals surface area contributed by atoms with Crippen LogP contribution in [0.15, 0.2) is 24.5 Å². The summed E-state index contributed by atoms with van der Waals surface area (Å²) in [6.45, 7) is 0. The second kappa shape index (κ2) is 3.62. The maximum Gasteiger partial charge on any atom is 0.534 e. The Balaban J connectivity index is 2.36. The molecule has 0 unspecified atom stereocenters. The molecule has 0 fully saturated rings. The maximum absolute atomic E-state index is 12.0. The highest BCUT2D eigenvalue weighted by Gasteiger charge is 2.48. The van der Waals surface area contributed by atoms with Crippen LogP contribution in [0.25, 0.3) is 11.0 Å². The molecule has 0 bridgehead atoms. The van der Waals surface area contributed by atoms with Crippen molar-refractivity contribution >= 4 is 21.2 Å². The van der Waals surface area contributed by atoms with Gasteiger partial charge >= 0.3 is 15.6 Å². The lowest BCUT2D eigenvalue weighted by Crippen LogP contribution is -2.28. The van der Waals surface area contributed by atoms with Crippen molar-refractivity contribution in [1.29, 1.82) is 0 Å². The summed E-state index contributed by atoms with van der Waals surface area (Å²) >= 11 is 0. The maximum atomic E-state index is 12.0. The first-order valence-corrected chi connectivity index (χ1v) is 5.64. The minimum absolute atomic E-state index is 0.375. The molecule has 0 aliphatic rings. The van der Waals surface area contributed by atoms with E-state index in [0.717, 1.165) is 12.1 Å². The molecule has 1 aromatic carbocycles. The molecule has 2 rings (SSSR count). The first-order chi connectivity index (χ1) is 7.79. The summed E-state index contributed by atoms with van der Waals surface area (Å²) in [6, 6.07) is 3.55. The SMILES string of the molecule is O=S(=O)(Oc1ccc2nc[nH]c2c1)C(F)(F)F. The number of aromatic nitrogens is 2. The number of hydrogen-bond donors (Lipinski definition) is 1. The normalized spacial score (nSPS) is 12.9. The summed E-state index contributed by atoms with van der Waals surface area (Å²) in [6.07, 6.45) is 1.33. The summed E-state index contributed by atoms with van der Waals surface area (Å²) in [5.41, 5.74) is -4.59. The van der Waals surface area contributed by atoms with E-state index >= 15 is 0 Å². The summed E-state index contributed by atoms with van der Waals surface area (Å²) < 4.78 is 61.5. The van der Waals surface area contributed by atoms with E-state index in [2.05, 4.69) is 14.2 Å². The molecular weight excluding hydrogens is 261 g/mol. The molecule has 1 heterocycles. The van der Waals surface area contributed by atoms with Crippen LogP contribution >= 0.6 is 0 Å². The molecule has 0 aliphatic carbocycles. The quantitative estimate of drug-likeness (QED) is 0.664. The molecular formula is C8H5F3N2O3S. The van der Waals surface area contributed by atoms with Gasteiger partial charge < -0.3 is 9.17 Å². The fourth-order valence-electron chi connectivity index (χ4n) is 1.14. The standard InChI is InChI=1S/C8H5F3N2O3S/c9-8(10,11)17(14,15)16-5-1-2-6-7(3-5)13-4-12-6/h1-4H,(H,12,13). The number of benzene rings is 1. The largest absolute Gasteiger partial charge is 0.534 e. The van der Waals surface area contributed by atoms with Crippen LogP contribution in [0.3, 0.4) is 0 Å². The van der Waals surface area contributed by atoms with Crippen LogP contribution in [0, 0.1) is 0 Å². The molecule has 92 valence electrons. The van der Waals surface area contributed by atoms with Crippen molar-refractivity contribution < 1.29 is 25.8 Å². The van der Waals surface area contributed by atoms with Crippen molar-refractivity contribution in [1.82, 2.24) is 9.97 Å². The van der Waals surface area contributed by atoms with Gasteiger partial charge in [0.1, 0.15) is 5.75 Å². The second-order valence-electron chi connectivity index (χ2n) is 3.06. The third-order valence-electron chi connectivity index (χ3n) is 1.88. The summed E-state index contributed by atoms with van der Waals surface area (Å²) in [7, 11) is -5.64. The van der Waals surface area contributed by atoms with Crippen LogP contribution in [0.4, 0.5) is 13.2 Å². The highest BCUT2D eigenvalue weighted by atomic mass is 32.2. The lowest BCUT2D eigenvalue weighted by molar-refractivity contribution is -0.0500. The Morgan fingerprint density at radius 2 is 2.00 bits per heavy atom. The van der Waals surface area contributed by atoms with E-state index in [9.17, 15) is 21.6 Å². The summed E-state index contributed by atoms with van der Waals surface area (Å²) in [5, 5.41) is 0. The predicted molar refractivity (Wildman–Crippen MR) is 51.7 cm³/mol. The van der Waals surface area contributed by atoms with Gasteiger partial charge in [-0.2, -0.15) is 21.6 Å². The molecule has 9 heteroatoms. The van der Waals surface area contributed by atoms with Crippen LogP contribution in [0.5, 0.6) is 5.75 Å². The van der Waals surface area contributed by atoms with Crippen molar-refractivity contribution in [2.24, 2.45) is 0 Å².